The molecule has 1 heterocycles. The Bertz CT molecular complexity index is 513. The fourth-order valence-electron chi connectivity index (χ4n) is 3.10. The van der Waals surface area contributed by atoms with E-state index in [1.54, 1.807) is 7.11 Å². The number of carbonyl (C=O) groups excluding carboxylic acids is 1. The number of amides is 1. The Kier molecular flexibility index (Phi) is 7.53. The van der Waals surface area contributed by atoms with Gasteiger partial charge >= 0.3 is 0 Å². The Balaban J connectivity index is 1.76. The van der Waals surface area contributed by atoms with Crippen LogP contribution in [0.3, 0.4) is 0 Å². The zero-order valence-electron chi connectivity index (χ0n) is 15.1. The van der Waals surface area contributed by atoms with Crippen LogP contribution in [0.4, 0.5) is 0 Å². The van der Waals surface area contributed by atoms with Crippen LogP contribution in [0.25, 0.3) is 0 Å². The summed E-state index contributed by atoms with van der Waals surface area (Å²) in [5, 5.41) is 3.20. The minimum absolute atomic E-state index is 0.102. The first kappa shape index (κ1) is 18.7. The van der Waals surface area contributed by atoms with Crippen molar-refractivity contribution < 1.29 is 14.3 Å². The average Bonchev–Trinajstić information content (AvgIpc) is 2.64. The number of carbonyl (C=O) groups is 1. The van der Waals surface area contributed by atoms with Crippen molar-refractivity contribution in [3.05, 3.63) is 29.8 Å². The van der Waals surface area contributed by atoms with E-state index in [1.165, 1.54) is 6.42 Å². The Hall–Kier alpha value is -1.59. The van der Waals surface area contributed by atoms with Crippen LogP contribution in [0, 0.1) is 5.92 Å². The Morgan fingerprint density at radius 1 is 1.38 bits per heavy atom. The molecule has 1 atom stereocenters. The molecule has 0 aromatic heterocycles. The smallest absolute Gasteiger partial charge is 0.251 e. The molecule has 5 nitrogen and oxygen atoms in total. The number of hydrogen-bond donors (Lipinski definition) is 1. The minimum Gasteiger partial charge on any atom is -0.497 e. The second-order valence-electron chi connectivity index (χ2n) is 6.47. The van der Waals surface area contributed by atoms with Crippen molar-refractivity contribution in [2.45, 2.75) is 38.9 Å². The van der Waals surface area contributed by atoms with E-state index in [0.29, 0.717) is 6.61 Å². The molecule has 24 heavy (non-hydrogen) atoms. The monoisotopic (exact) mass is 334 g/mol. The van der Waals surface area contributed by atoms with Gasteiger partial charge in [0.1, 0.15) is 11.9 Å². The van der Waals surface area contributed by atoms with Crippen LogP contribution >= 0.6 is 0 Å². The SMILES string of the molecule is CNCCC1CCN(C(=O)C(C)OCc2cccc(OC)c2)CC1. The second-order valence-corrected chi connectivity index (χ2v) is 6.47. The van der Waals surface area contributed by atoms with Crippen LogP contribution in [-0.2, 0) is 16.1 Å². The topological polar surface area (TPSA) is 50.8 Å². The number of hydrogen-bond acceptors (Lipinski definition) is 4. The molecular weight excluding hydrogens is 304 g/mol. The molecule has 1 saturated heterocycles. The predicted molar refractivity (Wildman–Crippen MR) is 95.1 cm³/mol. The molecule has 0 saturated carbocycles. The van der Waals surface area contributed by atoms with Crippen molar-refractivity contribution in [3.8, 4) is 5.75 Å². The van der Waals surface area contributed by atoms with Gasteiger partial charge in [-0.2, -0.15) is 0 Å². The summed E-state index contributed by atoms with van der Waals surface area (Å²) in [7, 11) is 3.63. The van der Waals surface area contributed by atoms with Gasteiger partial charge in [-0.1, -0.05) is 12.1 Å². The largest absolute Gasteiger partial charge is 0.497 e. The molecule has 1 aliphatic rings. The number of nitrogens with one attached hydrogen (secondary N) is 1. The Labute approximate surface area is 145 Å². The van der Waals surface area contributed by atoms with Crippen molar-refractivity contribution >= 4 is 5.91 Å². The summed E-state index contributed by atoms with van der Waals surface area (Å²) >= 11 is 0. The van der Waals surface area contributed by atoms with E-state index < -0.39 is 6.10 Å². The lowest BCUT2D eigenvalue weighted by Gasteiger charge is -2.33. The molecule has 1 aromatic rings. The third-order valence-corrected chi connectivity index (χ3v) is 4.71. The maximum Gasteiger partial charge on any atom is 0.251 e. The van der Waals surface area contributed by atoms with Crippen LogP contribution in [0.1, 0.15) is 31.7 Å². The number of ether oxygens (including phenoxy) is 2. The fraction of sp³-hybridized carbons (Fsp3) is 0.632. The zero-order valence-corrected chi connectivity index (χ0v) is 15.1. The number of likely N-dealkylation sites (tertiary alicyclic amines) is 1. The van der Waals surface area contributed by atoms with E-state index in [9.17, 15) is 4.79 Å². The lowest BCUT2D eigenvalue weighted by molar-refractivity contribution is -0.144. The van der Waals surface area contributed by atoms with Gasteiger partial charge in [0, 0.05) is 13.1 Å². The Morgan fingerprint density at radius 3 is 2.79 bits per heavy atom. The van der Waals surface area contributed by atoms with E-state index >= 15 is 0 Å². The van der Waals surface area contributed by atoms with E-state index in [0.717, 1.165) is 49.7 Å². The van der Waals surface area contributed by atoms with Gasteiger partial charge in [0.2, 0.25) is 0 Å². The third-order valence-electron chi connectivity index (χ3n) is 4.71. The summed E-state index contributed by atoms with van der Waals surface area (Å²) < 4.78 is 11.0. The summed E-state index contributed by atoms with van der Waals surface area (Å²) in [4.78, 5) is 14.5. The fourth-order valence-corrected chi connectivity index (χ4v) is 3.10. The Morgan fingerprint density at radius 2 is 2.12 bits per heavy atom. The average molecular weight is 334 g/mol. The maximum absolute atomic E-state index is 12.5. The summed E-state index contributed by atoms with van der Waals surface area (Å²) in [6.07, 6.45) is 2.97. The van der Waals surface area contributed by atoms with Crippen LogP contribution in [0.15, 0.2) is 24.3 Å². The quantitative estimate of drug-likeness (QED) is 0.793. The number of methoxy groups -OCH3 is 1. The van der Waals surface area contributed by atoms with Gasteiger partial charge in [-0.25, -0.2) is 0 Å². The molecule has 1 unspecified atom stereocenters. The van der Waals surface area contributed by atoms with Crippen molar-refractivity contribution in [2.75, 3.05) is 33.8 Å². The molecule has 1 N–H and O–H groups in total. The van der Waals surface area contributed by atoms with Gasteiger partial charge in [0.05, 0.1) is 13.7 Å². The van der Waals surface area contributed by atoms with Crippen LogP contribution in [0.2, 0.25) is 0 Å². The lowest BCUT2D eigenvalue weighted by Crippen LogP contribution is -2.44. The molecule has 0 spiro atoms. The molecule has 1 aliphatic heterocycles. The molecule has 1 amide bonds. The molecule has 1 aromatic carbocycles. The van der Waals surface area contributed by atoms with Crippen molar-refractivity contribution in [1.29, 1.82) is 0 Å². The van der Waals surface area contributed by atoms with Crippen molar-refractivity contribution in [1.82, 2.24) is 10.2 Å². The first-order valence-electron chi connectivity index (χ1n) is 8.82. The summed E-state index contributed by atoms with van der Waals surface area (Å²) in [6.45, 7) is 5.01. The summed E-state index contributed by atoms with van der Waals surface area (Å²) in [6, 6.07) is 7.74. The molecule has 0 aliphatic carbocycles. The molecular formula is C19H30N2O3. The van der Waals surface area contributed by atoms with Gasteiger partial charge in [0.25, 0.3) is 5.91 Å². The van der Waals surface area contributed by atoms with E-state index in [4.69, 9.17) is 9.47 Å². The summed E-state index contributed by atoms with van der Waals surface area (Å²) in [5.41, 5.74) is 1.01. The highest BCUT2D eigenvalue weighted by atomic mass is 16.5. The van der Waals surface area contributed by atoms with Crippen LogP contribution in [0.5, 0.6) is 5.75 Å². The molecule has 0 bridgehead atoms. The zero-order chi connectivity index (χ0) is 17.4. The van der Waals surface area contributed by atoms with E-state index in [-0.39, 0.29) is 5.91 Å². The standard InChI is InChI=1S/C19H30N2O3/c1-15(24-14-17-5-4-6-18(13-17)23-3)19(22)21-11-8-16(9-12-21)7-10-20-2/h4-6,13,15-16,20H,7-12,14H2,1-3H3. The highest BCUT2D eigenvalue weighted by Gasteiger charge is 2.26. The normalized spacial score (nSPS) is 16.9. The van der Waals surface area contributed by atoms with Crippen LogP contribution in [-0.4, -0.2) is 50.7 Å². The van der Waals surface area contributed by atoms with Crippen molar-refractivity contribution in [3.63, 3.8) is 0 Å². The van der Waals surface area contributed by atoms with E-state index in [2.05, 4.69) is 5.32 Å². The van der Waals surface area contributed by atoms with Gasteiger partial charge in [0.15, 0.2) is 0 Å². The number of benzene rings is 1. The molecule has 1 fully saturated rings. The summed E-state index contributed by atoms with van der Waals surface area (Å²) in [5.74, 6) is 1.64. The maximum atomic E-state index is 12.5. The lowest BCUT2D eigenvalue weighted by atomic mass is 9.93. The molecule has 0 radical (unpaired) electrons. The first-order valence-corrected chi connectivity index (χ1v) is 8.82. The minimum atomic E-state index is -0.412. The van der Waals surface area contributed by atoms with Gasteiger partial charge in [-0.05, 0) is 63.4 Å². The first-order chi connectivity index (χ1) is 11.6. The highest BCUT2D eigenvalue weighted by Crippen LogP contribution is 2.21. The molecule has 134 valence electrons. The molecule has 5 heteroatoms. The van der Waals surface area contributed by atoms with Gasteiger partial charge < -0.3 is 19.7 Å². The van der Waals surface area contributed by atoms with E-state index in [1.807, 2.05) is 43.1 Å². The number of rotatable bonds is 8. The highest BCUT2D eigenvalue weighted by molar-refractivity contribution is 5.80. The number of piperidine rings is 1. The number of nitrogens with zero attached hydrogens (tertiary/aromatic N) is 1. The molecule has 2 rings (SSSR count). The van der Waals surface area contributed by atoms with Gasteiger partial charge in [-0.3, -0.25) is 4.79 Å². The van der Waals surface area contributed by atoms with Crippen molar-refractivity contribution in [2.24, 2.45) is 5.92 Å². The second kappa shape index (κ2) is 9.64. The van der Waals surface area contributed by atoms with Gasteiger partial charge in [-0.15, -0.1) is 0 Å². The third kappa shape index (κ3) is 5.49. The predicted octanol–water partition coefficient (Wildman–Crippen LogP) is 2.45. The van der Waals surface area contributed by atoms with Crippen LogP contribution < -0.4 is 10.1 Å².